The highest BCUT2D eigenvalue weighted by molar-refractivity contribution is 5.89. The van der Waals surface area contributed by atoms with Crippen LogP contribution in [0.4, 0.5) is 0 Å². The molecule has 0 radical (unpaired) electrons. The number of carbonyl (C=O) groups excluding carboxylic acids is 2. The van der Waals surface area contributed by atoms with Crippen molar-refractivity contribution in [3.63, 3.8) is 0 Å². The summed E-state index contributed by atoms with van der Waals surface area (Å²) in [5, 5.41) is 9.60. The zero-order valence-electron chi connectivity index (χ0n) is 21.0. The molecule has 5 atom stereocenters. The Morgan fingerprint density at radius 3 is 2.35 bits per heavy atom. The monoisotopic (exact) mass is 474 g/mol. The van der Waals surface area contributed by atoms with Gasteiger partial charge >= 0.3 is 17.9 Å². The van der Waals surface area contributed by atoms with Gasteiger partial charge in [0.15, 0.2) is 0 Å². The van der Waals surface area contributed by atoms with Crippen LogP contribution in [-0.2, 0) is 28.6 Å². The van der Waals surface area contributed by atoms with Crippen molar-refractivity contribution >= 4 is 17.9 Å². The zero-order chi connectivity index (χ0) is 25.7. The summed E-state index contributed by atoms with van der Waals surface area (Å²) in [7, 11) is 0. The van der Waals surface area contributed by atoms with E-state index in [-0.39, 0.29) is 41.5 Å². The molecule has 7 nitrogen and oxygen atoms in total. The second-order valence-corrected chi connectivity index (χ2v) is 9.99. The summed E-state index contributed by atoms with van der Waals surface area (Å²) >= 11 is 0. The molecule has 0 spiro atoms. The minimum atomic E-state index is -1.09. The molecule has 0 saturated heterocycles. The number of carboxylic acid groups (broad SMARTS) is 1. The van der Waals surface area contributed by atoms with E-state index in [0.717, 1.165) is 24.8 Å². The van der Waals surface area contributed by atoms with Gasteiger partial charge in [0.25, 0.3) is 0 Å². The van der Waals surface area contributed by atoms with Crippen molar-refractivity contribution in [3.05, 3.63) is 48.3 Å². The summed E-state index contributed by atoms with van der Waals surface area (Å²) in [5.74, 6) is -1.18. The van der Waals surface area contributed by atoms with Crippen LogP contribution in [0.5, 0.6) is 0 Å². The number of hydrogen-bond acceptors (Lipinski definition) is 6. The van der Waals surface area contributed by atoms with Crippen LogP contribution < -0.4 is 0 Å². The van der Waals surface area contributed by atoms with Gasteiger partial charge in [-0.15, -0.1) is 0 Å². The first-order valence-electron chi connectivity index (χ1n) is 11.7. The number of rotatable bonds is 9. The third-order valence-corrected chi connectivity index (χ3v) is 7.42. The van der Waals surface area contributed by atoms with Gasteiger partial charge in [-0.3, -0.25) is 9.59 Å². The van der Waals surface area contributed by atoms with Crippen LogP contribution in [0.3, 0.4) is 0 Å². The van der Waals surface area contributed by atoms with E-state index in [1.54, 1.807) is 13.0 Å². The smallest absolute Gasteiger partial charge is 0.335 e. The lowest BCUT2D eigenvalue weighted by atomic mass is 9.46. The van der Waals surface area contributed by atoms with E-state index in [1.807, 2.05) is 6.08 Å². The standard InChI is InChI=1S/C27H38O7/c1-17(2)33-16-27(7)23-11-8-18(3)22(26(23,6)14-12-24(27)34-20(5)29)10-9-21(25(30)31)13-15-32-19(4)28/h9-10,13,22-24H,1,3,8,11-12,14-16H2,2,4-7H3,(H,30,31)/b10-9+,21-13+/t22-,23?,24-,26+,27+/m1/s1. The minimum Gasteiger partial charge on any atom is -0.498 e. The fourth-order valence-electron chi connectivity index (χ4n) is 5.80. The highest BCUT2D eigenvalue weighted by atomic mass is 16.5. The van der Waals surface area contributed by atoms with E-state index in [9.17, 15) is 19.5 Å². The second kappa shape index (κ2) is 11.1. The number of carboxylic acids is 1. The molecule has 1 N–H and O–H groups in total. The molecule has 2 fully saturated rings. The van der Waals surface area contributed by atoms with E-state index < -0.39 is 17.4 Å². The maximum absolute atomic E-state index is 11.9. The number of allylic oxidation sites excluding steroid dienone is 3. The third-order valence-electron chi connectivity index (χ3n) is 7.42. The van der Waals surface area contributed by atoms with Crippen LogP contribution in [0.2, 0.25) is 0 Å². The number of aliphatic carboxylic acids is 1. The zero-order valence-corrected chi connectivity index (χ0v) is 21.0. The number of ether oxygens (including phenoxy) is 3. The Morgan fingerprint density at radius 2 is 1.79 bits per heavy atom. The molecule has 1 unspecified atom stereocenters. The van der Waals surface area contributed by atoms with Gasteiger partial charge in [0.1, 0.15) is 12.7 Å². The summed E-state index contributed by atoms with van der Waals surface area (Å²) in [6.45, 7) is 17.3. The lowest BCUT2D eigenvalue weighted by molar-refractivity contribution is -0.184. The average molecular weight is 475 g/mol. The molecule has 0 heterocycles. The first kappa shape index (κ1) is 27.4. The largest absolute Gasteiger partial charge is 0.498 e. The Hall–Kier alpha value is -2.83. The van der Waals surface area contributed by atoms with Gasteiger partial charge in [0, 0.05) is 25.2 Å². The van der Waals surface area contributed by atoms with Crippen molar-refractivity contribution in [1.29, 1.82) is 0 Å². The molecule has 0 aliphatic heterocycles. The summed E-state index contributed by atoms with van der Waals surface area (Å²) in [4.78, 5) is 34.6. The van der Waals surface area contributed by atoms with E-state index >= 15 is 0 Å². The number of carbonyl (C=O) groups is 3. The van der Waals surface area contributed by atoms with Crippen LogP contribution >= 0.6 is 0 Å². The molecule has 0 aromatic rings. The van der Waals surface area contributed by atoms with Gasteiger partial charge < -0.3 is 19.3 Å². The van der Waals surface area contributed by atoms with Crippen LogP contribution in [0.1, 0.15) is 60.3 Å². The van der Waals surface area contributed by atoms with Gasteiger partial charge in [-0.25, -0.2) is 4.79 Å². The molecular formula is C27H38O7. The second-order valence-electron chi connectivity index (χ2n) is 9.99. The number of esters is 2. The van der Waals surface area contributed by atoms with Gasteiger partial charge in [-0.05, 0) is 50.0 Å². The van der Waals surface area contributed by atoms with Crippen LogP contribution in [-0.4, -0.2) is 42.3 Å². The van der Waals surface area contributed by atoms with Crippen molar-refractivity contribution < 1.29 is 33.7 Å². The molecule has 188 valence electrons. The quantitative estimate of drug-likeness (QED) is 0.165. The van der Waals surface area contributed by atoms with Crippen molar-refractivity contribution in [2.75, 3.05) is 13.2 Å². The predicted molar refractivity (Wildman–Crippen MR) is 129 cm³/mol. The number of fused-ring (bicyclic) bond motifs is 1. The minimum absolute atomic E-state index is 0.0572. The van der Waals surface area contributed by atoms with Crippen LogP contribution in [0, 0.1) is 22.7 Å². The summed E-state index contributed by atoms with van der Waals surface area (Å²) in [5.41, 5.74) is 0.441. The topological polar surface area (TPSA) is 99.1 Å². The van der Waals surface area contributed by atoms with Crippen LogP contribution in [0.25, 0.3) is 0 Å². The normalized spacial score (nSPS) is 31.5. The van der Waals surface area contributed by atoms with Crippen molar-refractivity contribution in [1.82, 2.24) is 0 Å². The Labute approximate surface area is 202 Å². The molecule has 0 aromatic carbocycles. The molecule has 2 saturated carbocycles. The molecule has 2 aliphatic rings. The first-order valence-corrected chi connectivity index (χ1v) is 11.7. The molecule has 0 bridgehead atoms. The third kappa shape index (κ3) is 6.19. The van der Waals surface area contributed by atoms with Gasteiger partial charge in [0.2, 0.25) is 0 Å². The molecule has 0 amide bonds. The maximum atomic E-state index is 11.9. The van der Waals surface area contributed by atoms with Crippen LogP contribution in [0.15, 0.2) is 48.3 Å². The Balaban J connectivity index is 2.41. The summed E-state index contributed by atoms with van der Waals surface area (Å²) in [6, 6.07) is 0. The van der Waals surface area contributed by atoms with Crippen molar-refractivity contribution in [2.45, 2.75) is 66.4 Å². The lowest BCUT2D eigenvalue weighted by Gasteiger charge is -2.60. The fraction of sp³-hybridized carbons (Fsp3) is 0.593. The van der Waals surface area contributed by atoms with E-state index in [1.165, 1.54) is 19.9 Å². The molecule has 0 aromatic heterocycles. The highest BCUT2D eigenvalue weighted by Gasteiger charge is 2.59. The van der Waals surface area contributed by atoms with E-state index in [4.69, 9.17) is 14.2 Å². The maximum Gasteiger partial charge on any atom is 0.335 e. The molecule has 34 heavy (non-hydrogen) atoms. The molecular weight excluding hydrogens is 436 g/mol. The Bertz CT molecular complexity index is 899. The molecule has 2 aliphatic carbocycles. The first-order chi connectivity index (χ1) is 15.8. The van der Waals surface area contributed by atoms with Crippen molar-refractivity contribution in [3.8, 4) is 0 Å². The molecule has 7 heteroatoms. The predicted octanol–water partition coefficient (Wildman–Crippen LogP) is 4.99. The highest BCUT2D eigenvalue weighted by Crippen LogP contribution is 2.62. The Kier molecular flexibility index (Phi) is 8.92. The van der Waals surface area contributed by atoms with Crippen molar-refractivity contribution in [2.24, 2.45) is 22.7 Å². The summed E-state index contributed by atoms with van der Waals surface area (Å²) < 4.78 is 16.5. The fourth-order valence-corrected chi connectivity index (χ4v) is 5.80. The molecule has 2 rings (SSSR count). The van der Waals surface area contributed by atoms with E-state index in [0.29, 0.717) is 18.8 Å². The Morgan fingerprint density at radius 1 is 1.12 bits per heavy atom. The lowest BCUT2D eigenvalue weighted by Crippen LogP contribution is -2.58. The van der Waals surface area contributed by atoms with Gasteiger partial charge in [-0.1, -0.05) is 44.7 Å². The van der Waals surface area contributed by atoms with E-state index in [2.05, 4.69) is 27.0 Å². The summed E-state index contributed by atoms with van der Waals surface area (Å²) in [6.07, 6.45) is 7.72. The van der Waals surface area contributed by atoms with Gasteiger partial charge in [-0.2, -0.15) is 0 Å². The SMILES string of the molecule is C=C(C)OC[C@@]1(C)C2CCC(=C)[C@@H](/C=C/C(=C\COC(C)=O)C(=O)O)[C@]2(C)CC[C@H]1OC(C)=O. The number of hydrogen-bond donors (Lipinski definition) is 1. The van der Waals surface area contributed by atoms with Gasteiger partial charge in [0.05, 0.1) is 17.9 Å². The average Bonchev–Trinajstić information content (AvgIpc) is 2.72.